The van der Waals surface area contributed by atoms with Gasteiger partial charge in [0.1, 0.15) is 11.6 Å². The van der Waals surface area contributed by atoms with Crippen molar-refractivity contribution in [1.82, 2.24) is 15.3 Å². The Morgan fingerprint density at radius 3 is 2.75 bits per heavy atom. The van der Waals surface area contributed by atoms with Crippen LogP contribution in [0.15, 0.2) is 6.07 Å². The van der Waals surface area contributed by atoms with Gasteiger partial charge in [-0.1, -0.05) is 6.92 Å². The van der Waals surface area contributed by atoms with E-state index >= 15 is 0 Å². The minimum Gasteiger partial charge on any atom is -0.481 e. The maximum atomic E-state index is 5.07. The highest BCUT2D eigenvalue weighted by Gasteiger charge is 2.00. The van der Waals surface area contributed by atoms with Gasteiger partial charge in [0.15, 0.2) is 0 Å². The largest absolute Gasteiger partial charge is 0.481 e. The molecule has 0 unspecified atom stereocenters. The molecule has 1 aromatic heterocycles. The van der Waals surface area contributed by atoms with E-state index < -0.39 is 0 Å². The van der Waals surface area contributed by atoms with Crippen LogP contribution in [0, 0.1) is 6.92 Å². The van der Waals surface area contributed by atoms with Crippen LogP contribution in [-0.4, -0.2) is 36.7 Å². The van der Waals surface area contributed by atoms with Crippen LogP contribution in [0.2, 0.25) is 0 Å². The van der Waals surface area contributed by atoms with Crippen molar-refractivity contribution in [2.75, 3.05) is 32.1 Å². The molecule has 0 aliphatic heterocycles. The summed E-state index contributed by atoms with van der Waals surface area (Å²) in [5.74, 6) is 2.11. The highest BCUT2D eigenvalue weighted by molar-refractivity contribution is 5.38. The van der Waals surface area contributed by atoms with Crippen molar-refractivity contribution >= 4 is 5.82 Å². The van der Waals surface area contributed by atoms with E-state index in [1.807, 2.05) is 6.92 Å². The predicted molar refractivity (Wildman–Crippen MR) is 65.0 cm³/mol. The van der Waals surface area contributed by atoms with Gasteiger partial charge in [0.25, 0.3) is 0 Å². The van der Waals surface area contributed by atoms with Crippen LogP contribution in [0.4, 0.5) is 5.82 Å². The number of ether oxygens (including phenoxy) is 1. The van der Waals surface area contributed by atoms with E-state index in [0.717, 1.165) is 31.9 Å². The molecule has 0 aliphatic carbocycles. The molecule has 90 valence electrons. The van der Waals surface area contributed by atoms with Gasteiger partial charge in [0.2, 0.25) is 5.88 Å². The number of nitrogens with zero attached hydrogens (tertiary/aromatic N) is 2. The Hall–Kier alpha value is -1.36. The molecule has 0 spiro atoms. The van der Waals surface area contributed by atoms with Crippen molar-refractivity contribution in [3.8, 4) is 5.88 Å². The summed E-state index contributed by atoms with van der Waals surface area (Å²) in [6.45, 7) is 6.83. The molecule has 0 fully saturated rings. The lowest BCUT2D eigenvalue weighted by molar-refractivity contribution is 0.396. The molecule has 1 aromatic rings. The van der Waals surface area contributed by atoms with Gasteiger partial charge in [-0.05, 0) is 19.9 Å². The van der Waals surface area contributed by atoms with Crippen molar-refractivity contribution in [3.63, 3.8) is 0 Å². The number of hydrogen-bond acceptors (Lipinski definition) is 5. The number of hydrogen-bond donors (Lipinski definition) is 2. The van der Waals surface area contributed by atoms with E-state index in [0.29, 0.717) is 11.7 Å². The lowest BCUT2D eigenvalue weighted by Crippen LogP contribution is -2.23. The zero-order valence-corrected chi connectivity index (χ0v) is 10.2. The summed E-state index contributed by atoms with van der Waals surface area (Å²) < 4.78 is 5.07. The number of rotatable bonds is 7. The standard InChI is InChI=1S/C11H20N4O/c1-4-5-12-6-7-13-10-8-11(16-3)15-9(2)14-10/h8,12H,4-7H2,1-3H3,(H,13,14,15). The summed E-state index contributed by atoms with van der Waals surface area (Å²) >= 11 is 0. The summed E-state index contributed by atoms with van der Waals surface area (Å²) in [5, 5.41) is 6.54. The summed E-state index contributed by atoms with van der Waals surface area (Å²) in [6.07, 6.45) is 1.15. The minimum absolute atomic E-state index is 0.594. The molecule has 0 aromatic carbocycles. The summed E-state index contributed by atoms with van der Waals surface area (Å²) in [6, 6.07) is 1.80. The van der Waals surface area contributed by atoms with Crippen LogP contribution in [0.5, 0.6) is 5.88 Å². The van der Waals surface area contributed by atoms with Gasteiger partial charge < -0.3 is 15.4 Å². The van der Waals surface area contributed by atoms with Crippen LogP contribution in [0.25, 0.3) is 0 Å². The van der Waals surface area contributed by atoms with Gasteiger partial charge in [-0.3, -0.25) is 0 Å². The third-order valence-electron chi connectivity index (χ3n) is 2.06. The maximum absolute atomic E-state index is 5.07. The Labute approximate surface area is 96.6 Å². The fourth-order valence-corrected chi connectivity index (χ4v) is 1.32. The fourth-order valence-electron chi connectivity index (χ4n) is 1.32. The quantitative estimate of drug-likeness (QED) is 0.682. The normalized spacial score (nSPS) is 10.2. The van der Waals surface area contributed by atoms with E-state index in [4.69, 9.17) is 4.74 Å². The van der Waals surface area contributed by atoms with E-state index in [-0.39, 0.29) is 0 Å². The zero-order chi connectivity index (χ0) is 11.8. The number of aromatic nitrogens is 2. The van der Waals surface area contributed by atoms with Crippen LogP contribution in [0.3, 0.4) is 0 Å². The number of nitrogens with one attached hydrogen (secondary N) is 2. The zero-order valence-electron chi connectivity index (χ0n) is 10.2. The molecule has 0 saturated heterocycles. The number of aryl methyl sites for hydroxylation is 1. The molecule has 5 heteroatoms. The summed E-state index contributed by atoms with van der Waals surface area (Å²) in [4.78, 5) is 8.39. The average molecular weight is 224 g/mol. The highest BCUT2D eigenvalue weighted by Crippen LogP contribution is 2.11. The molecular weight excluding hydrogens is 204 g/mol. The van der Waals surface area contributed by atoms with Crippen LogP contribution in [0.1, 0.15) is 19.2 Å². The Balaban J connectivity index is 2.38. The predicted octanol–water partition coefficient (Wildman–Crippen LogP) is 1.21. The van der Waals surface area contributed by atoms with Gasteiger partial charge in [0.05, 0.1) is 7.11 Å². The molecule has 0 atom stereocenters. The Morgan fingerprint density at radius 2 is 2.06 bits per heavy atom. The third kappa shape index (κ3) is 4.44. The second kappa shape index (κ2) is 7.00. The Morgan fingerprint density at radius 1 is 1.25 bits per heavy atom. The van der Waals surface area contributed by atoms with Crippen LogP contribution >= 0.6 is 0 Å². The molecule has 0 aliphatic rings. The Kier molecular flexibility index (Phi) is 5.56. The molecule has 0 radical (unpaired) electrons. The second-order valence-electron chi connectivity index (χ2n) is 3.52. The highest BCUT2D eigenvalue weighted by atomic mass is 16.5. The van der Waals surface area contributed by atoms with E-state index in [9.17, 15) is 0 Å². The van der Waals surface area contributed by atoms with Gasteiger partial charge in [-0.25, -0.2) is 4.98 Å². The van der Waals surface area contributed by atoms with Crippen LogP contribution in [-0.2, 0) is 0 Å². The van der Waals surface area contributed by atoms with Crippen molar-refractivity contribution in [3.05, 3.63) is 11.9 Å². The van der Waals surface area contributed by atoms with Gasteiger partial charge >= 0.3 is 0 Å². The van der Waals surface area contributed by atoms with Gasteiger partial charge in [0, 0.05) is 19.2 Å². The van der Waals surface area contributed by atoms with E-state index in [1.54, 1.807) is 13.2 Å². The molecule has 0 amide bonds. The van der Waals surface area contributed by atoms with Crippen molar-refractivity contribution in [2.24, 2.45) is 0 Å². The minimum atomic E-state index is 0.594. The first-order valence-electron chi connectivity index (χ1n) is 5.60. The lowest BCUT2D eigenvalue weighted by atomic mass is 10.4. The van der Waals surface area contributed by atoms with Crippen molar-refractivity contribution < 1.29 is 4.74 Å². The third-order valence-corrected chi connectivity index (χ3v) is 2.06. The van der Waals surface area contributed by atoms with E-state index in [1.165, 1.54) is 0 Å². The summed E-state index contributed by atoms with van der Waals surface area (Å²) in [5.41, 5.74) is 0. The fraction of sp³-hybridized carbons (Fsp3) is 0.636. The smallest absolute Gasteiger partial charge is 0.218 e. The maximum Gasteiger partial charge on any atom is 0.218 e. The molecule has 5 nitrogen and oxygen atoms in total. The molecule has 1 heterocycles. The van der Waals surface area contributed by atoms with Gasteiger partial charge in [-0.15, -0.1) is 0 Å². The first-order valence-corrected chi connectivity index (χ1v) is 5.60. The first-order chi connectivity index (χ1) is 7.76. The van der Waals surface area contributed by atoms with E-state index in [2.05, 4.69) is 27.5 Å². The van der Waals surface area contributed by atoms with Crippen molar-refractivity contribution in [2.45, 2.75) is 20.3 Å². The average Bonchev–Trinajstić information content (AvgIpc) is 2.28. The van der Waals surface area contributed by atoms with Crippen molar-refractivity contribution in [1.29, 1.82) is 0 Å². The molecule has 1 rings (SSSR count). The topological polar surface area (TPSA) is 59.1 Å². The Bertz CT molecular complexity index is 317. The molecule has 0 saturated carbocycles. The van der Waals surface area contributed by atoms with Crippen LogP contribution < -0.4 is 15.4 Å². The van der Waals surface area contributed by atoms with Gasteiger partial charge in [-0.2, -0.15) is 4.98 Å². The molecular formula is C11H20N4O. The molecule has 2 N–H and O–H groups in total. The first kappa shape index (κ1) is 12.7. The molecule has 0 bridgehead atoms. The SMILES string of the molecule is CCCNCCNc1cc(OC)nc(C)n1. The number of anilines is 1. The number of methoxy groups -OCH3 is 1. The molecule has 16 heavy (non-hydrogen) atoms. The monoisotopic (exact) mass is 224 g/mol. The lowest BCUT2D eigenvalue weighted by Gasteiger charge is -2.08. The summed E-state index contributed by atoms with van der Waals surface area (Å²) in [7, 11) is 1.61. The second-order valence-corrected chi connectivity index (χ2v) is 3.52.